The summed E-state index contributed by atoms with van der Waals surface area (Å²) in [6.07, 6.45) is 4.83. The first-order valence-corrected chi connectivity index (χ1v) is 4.77. The van der Waals surface area contributed by atoms with Gasteiger partial charge in [0.15, 0.2) is 5.82 Å². The molecular weight excluding hydrogens is 180 g/mol. The van der Waals surface area contributed by atoms with Gasteiger partial charge in [-0.1, -0.05) is 6.92 Å². The van der Waals surface area contributed by atoms with Crippen LogP contribution in [0.2, 0.25) is 0 Å². The molecule has 1 aromatic heterocycles. The van der Waals surface area contributed by atoms with Gasteiger partial charge in [-0.2, -0.15) is 0 Å². The lowest BCUT2D eigenvalue weighted by Crippen LogP contribution is -2.24. The fourth-order valence-corrected chi connectivity index (χ4v) is 1.06. The van der Waals surface area contributed by atoms with Gasteiger partial charge in [0.1, 0.15) is 0 Å². The molecule has 1 atom stereocenters. The number of nitrogens with zero attached hydrogens (tertiary/aromatic N) is 1. The molecular formula is C9H16N4O. The van der Waals surface area contributed by atoms with Gasteiger partial charge in [-0.05, 0) is 12.8 Å². The van der Waals surface area contributed by atoms with Crippen LogP contribution in [0, 0.1) is 0 Å². The highest BCUT2D eigenvalue weighted by molar-refractivity contribution is 5.29. The predicted octanol–water partition coefficient (Wildman–Crippen LogP) is 0.309. The first-order valence-electron chi connectivity index (χ1n) is 4.77. The molecule has 0 saturated carbocycles. The van der Waals surface area contributed by atoms with Crippen molar-refractivity contribution in [1.82, 2.24) is 9.97 Å². The number of aromatic nitrogens is 2. The molecule has 0 aromatic carbocycles. The Kier molecular flexibility index (Phi) is 4.12. The highest BCUT2D eigenvalue weighted by Crippen LogP contribution is 1.95. The predicted molar refractivity (Wildman–Crippen MR) is 56.2 cm³/mol. The Morgan fingerprint density at radius 3 is 3.14 bits per heavy atom. The van der Waals surface area contributed by atoms with Gasteiger partial charge in [-0.25, -0.2) is 4.98 Å². The molecule has 0 bridgehead atoms. The Morgan fingerprint density at radius 1 is 1.71 bits per heavy atom. The summed E-state index contributed by atoms with van der Waals surface area (Å²) < 4.78 is 0. The molecule has 1 aromatic rings. The molecule has 0 amide bonds. The Labute approximate surface area is 82.7 Å². The molecule has 78 valence electrons. The van der Waals surface area contributed by atoms with Gasteiger partial charge < -0.3 is 16.0 Å². The van der Waals surface area contributed by atoms with Crippen LogP contribution in [0.4, 0.5) is 5.82 Å². The molecule has 0 radical (unpaired) electrons. The summed E-state index contributed by atoms with van der Waals surface area (Å²) in [6, 6.07) is 0.185. The van der Waals surface area contributed by atoms with Crippen molar-refractivity contribution in [1.29, 1.82) is 0 Å². The molecule has 4 N–H and O–H groups in total. The van der Waals surface area contributed by atoms with Gasteiger partial charge >= 0.3 is 0 Å². The zero-order chi connectivity index (χ0) is 10.4. The van der Waals surface area contributed by atoms with Crippen LogP contribution >= 0.6 is 0 Å². The average Bonchev–Trinajstić information content (AvgIpc) is 2.20. The summed E-state index contributed by atoms with van der Waals surface area (Å²) in [6.45, 7) is 2.72. The Bertz CT molecular complexity index is 323. The van der Waals surface area contributed by atoms with E-state index in [4.69, 9.17) is 5.73 Å². The third-order valence-electron chi connectivity index (χ3n) is 2.04. The number of rotatable bonds is 5. The van der Waals surface area contributed by atoms with Crippen LogP contribution in [0.25, 0.3) is 0 Å². The normalized spacial score (nSPS) is 12.4. The molecule has 1 rings (SSSR count). The molecule has 5 nitrogen and oxygen atoms in total. The Morgan fingerprint density at radius 2 is 2.50 bits per heavy atom. The van der Waals surface area contributed by atoms with Crippen molar-refractivity contribution in [3.8, 4) is 0 Å². The van der Waals surface area contributed by atoms with Crippen molar-refractivity contribution in [2.45, 2.75) is 25.8 Å². The van der Waals surface area contributed by atoms with Gasteiger partial charge in [0.2, 0.25) is 0 Å². The van der Waals surface area contributed by atoms with Crippen molar-refractivity contribution in [3.05, 3.63) is 22.7 Å². The molecule has 0 aliphatic heterocycles. The second kappa shape index (κ2) is 5.39. The van der Waals surface area contributed by atoms with E-state index in [1.807, 2.05) is 6.92 Å². The summed E-state index contributed by atoms with van der Waals surface area (Å²) >= 11 is 0. The highest BCUT2D eigenvalue weighted by atomic mass is 16.1. The summed E-state index contributed by atoms with van der Waals surface area (Å²) in [7, 11) is 0. The van der Waals surface area contributed by atoms with E-state index in [0.717, 1.165) is 12.8 Å². The highest BCUT2D eigenvalue weighted by Gasteiger charge is 2.01. The molecule has 0 saturated heterocycles. The molecule has 0 aliphatic carbocycles. The van der Waals surface area contributed by atoms with Crippen LogP contribution < -0.4 is 16.6 Å². The molecule has 5 heteroatoms. The van der Waals surface area contributed by atoms with E-state index in [0.29, 0.717) is 12.4 Å². The lowest BCUT2D eigenvalue weighted by Gasteiger charge is -2.08. The van der Waals surface area contributed by atoms with Crippen LogP contribution in [-0.2, 0) is 0 Å². The number of H-pyrrole nitrogens is 1. The van der Waals surface area contributed by atoms with E-state index < -0.39 is 0 Å². The standard InChI is InChI=1S/C9H16N4O/c1-2-7(10)3-4-11-8-9(14)13-6-5-12-8/h5-7H,2-4,10H2,1H3,(H,11,12)(H,13,14). The molecule has 0 spiro atoms. The number of nitrogens with one attached hydrogen (secondary N) is 2. The van der Waals surface area contributed by atoms with E-state index in [1.54, 1.807) is 6.20 Å². The van der Waals surface area contributed by atoms with Crippen molar-refractivity contribution in [3.63, 3.8) is 0 Å². The number of hydrogen-bond donors (Lipinski definition) is 3. The second-order valence-corrected chi connectivity index (χ2v) is 3.15. The summed E-state index contributed by atoms with van der Waals surface area (Å²) in [5.74, 6) is 0.357. The smallest absolute Gasteiger partial charge is 0.290 e. The van der Waals surface area contributed by atoms with Crippen LogP contribution in [0.3, 0.4) is 0 Å². The van der Waals surface area contributed by atoms with Gasteiger partial charge in [-0.15, -0.1) is 0 Å². The largest absolute Gasteiger partial charge is 0.365 e. The average molecular weight is 196 g/mol. The summed E-state index contributed by atoms with van der Waals surface area (Å²) in [4.78, 5) is 17.6. The van der Waals surface area contributed by atoms with E-state index >= 15 is 0 Å². The van der Waals surface area contributed by atoms with Crippen LogP contribution in [-0.4, -0.2) is 22.6 Å². The van der Waals surface area contributed by atoms with Crippen LogP contribution in [0.1, 0.15) is 19.8 Å². The fourth-order valence-electron chi connectivity index (χ4n) is 1.06. The zero-order valence-electron chi connectivity index (χ0n) is 8.29. The minimum absolute atomic E-state index is 0.185. The van der Waals surface area contributed by atoms with Crippen molar-refractivity contribution in [2.24, 2.45) is 5.73 Å². The zero-order valence-corrected chi connectivity index (χ0v) is 8.29. The van der Waals surface area contributed by atoms with E-state index in [1.165, 1.54) is 6.20 Å². The Hall–Kier alpha value is -1.36. The van der Waals surface area contributed by atoms with Crippen LogP contribution in [0.5, 0.6) is 0 Å². The van der Waals surface area contributed by atoms with Gasteiger partial charge in [0, 0.05) is 25.0 Å². The lowest BCUT2D eigenvalue weighted by atomic mass is 10.2. The maximum Gasteiger partial charge on any atom is 0.290 e. The third-order valence-corrected chi connectivity index (χ3v) is 2.04. The van der Waals surface area contributed by atoms with Crippen LogP contribution in [0.15, 0.2) is 17.2 Å². The maximum atomic E-state index is 11.2. The second-order valence-electron chi connectivity index (χ2n) is 3.15. The summed E-state index contributed by atoms with van der Waals surface area (Å²) in [5, 5.41) is 2.94. The van der Waals surface area contributed by atoms with Gasteiger partial charge in [0.05, 0.1) is 0 Å². The lowest BCUT2D eigenvalue weighted by molar-refractivity contribution is 0.612. The Balaban J connectivity index is 2.39. The molecule has 1 unspecified atom stereocenters. The minimum Gasteiger partial charge on any atom is -0.365 e. The monoisotopic (exact) mass is 196 g/mol. The third kappa shape index (κ3) is 3.18. The fraction of sp³-hybridized carbons (Fsp3) is 0.556. The molecule has 0 fully saturated rings. The van der Waals surface area contributed by atoms with Crippen molar-refractivity contribution in [2.75, 3.05) is 11.9 Å². The summed E-state index contributed by atoms with van der Waals surface area (Å²) in [5.41, 5.74) is 5.53. The number of aromatic amines is 1. The number of hydrogen-bond acceptors (Lipinski definition) is 4. The van der Waals surface area contributed by atoms with E-state index in [2.05, 4.69) is 15.3 Å². The van der Waals surface area contributed by atoms with E-state index in [-0.39, 0.29) is 11.6 Å². The first kappa shape index (κ1) is 10.7. The minimum atomic E-state index is -0.197. The number of nitrogens with two attached hydrogens (primary N) is 1. The first-order chi connectivity index (χ1) is 6.74. The van der Waals surface area contributed by atoms with E-state index in [9.17, 15) is 4.79 Å². The molecule has 1 heterocycles. The quantitative estimate of drug-likeness (QED) is 0.632. The van der Waals surface area contributed by atoms with Gasteiger partial charge in [0.25, 0.3) is 5.56 Å². The SMILES string of the molecule is CCC(N)CCNc1ncc[nH]c1=O. The van der Waals surface area contributed by atoms with Crippen molar-refractivity contribution >= 4 is 5.82 Å². The van der Waals surface area contributed by atoms with Crippen molar-refractivity contribution < 1.29 is 0 Å². The molecule has 14 heavy (non-hydrogen) atoms. The number of anilines is 1. The molecule has 0 aliphatic rings. The maximum absolute atomic E-state index is 11.2. The topological polar surface area (TPSA) is 83.8 Å². The van der Waals surface area contributed by atoms with Gasteiger partial charge in [-0.3, -0.25) is 4.79 Å².